The summed E-state index contributed by atoms with van der Waals surface area (Å²) in [6.45, 7) is -0.0250. The SMILES string of the molecule is O=C(O)CCCOc1ccc(S(=O)(=O)Nc2ccccc2F)cc1F. The van der Waals surface area contributed by atoms with E-state index in [0.29, 0.717) is 0 Å². The first-order valence-electron chi connectivity index (χ1n) is 7.21. The highest BCUT2D eigenvalue weighted by Crippen LogP contribution is 2.24. The van der Waals surface area contributed by atoms with E-state index in [-0.39, 0.29) is 30.9 Å². The third-order valence-electron chi connectivity index (χ3n) is 3.12. The Kier molecular flexibility index (Phi) is 5.92. The fraction of sp³-hybridized carbons (Fsp3) is 0.188. The van der Waals surface area contributed by atoms with Crippen LogP contribution in [0, 0.1) is 11.6 Å². The first-order valence-corrected chi connectivity index (χ1v) is 8.69. The molecule has 0 atom stereocenters. The number of ether oxygens (including phenoxy) is 1. The highest BCUT2D eigenvalue weighted by atomic mass is 32.2. The highest BCUT2D eigenvalue weighted by molar-refractivity contribution is 7.92. The lowest BCUT2D eigenvalue weighted by atomic mass is 10.3. The van der Waals surface area contributed by atoms with E-state index in [0.717, 1.165) is 24.3 Å². The van der Waals surface area contributed by atoms with Crippen LogP contribution in [-0.2, 0) is 14.8 Å². The van der Waals surface area contributed by atoms with Crippen LogP contribution < -0.4 is 9.46 Å². The van der Waals surface area contributed by atoms with Gasteiger partial charge in [0.2, 0.25) is 0 Å². The van der Waals surface area contributed by atoms with Gasteiger partial charge < -0.3 is 9.84 Å². The summed E-state index contributed by atoms with van der Waals surface area (Å²) in [5.74, 6) is -2.88. The maximum Gasteiger partial charge on any atom is 0.303 e. The molecular formula is C16H15F2NO5S. The van der Waals surface area contributed by atoms with Crippen LogP contribution in [0.4, 0.5) is 14.5 Å². The van der Waals surface area contributed by atoms with E-state index in [1.54, 1.807) is 0 Å². The number of hydrogen-bond donors (Lipinski definition) is 2. The van der Waals surface area contributed by atoms with Gasteiger partial charge in [0.05, 0.1) is 17.2 Å². The molecule has 0 bridgehead atoms. The minimum Gasteiger partial charge on any atom is -0.491 e. The van der Waals surface area contributed by atoms with E-state index >= 15 is 0 Å². The largest absolute Gasteiger partial charge is 0.491 e. The summed E-state index contributed by atoms with van der Waals surface area (Å²) in [6, 6.07) is 8.16. The van der Waals surface area contributed by atoms with Crippen LogP contribution in [0.3, 0.4) is 0 Å². The van der Waals surface area contributed by atoms with Crippen molar-refractivity contribution in [3.05, 3.63) is 54.1 Å². The van der Waals surface area contributed by atoms with E-state index in [1.165, 1.54) is 18.2 Å². The number of anilines is 1. The van der Waals surface area contributed by atoms with Crippen molar-refractivity contribution in [1.29, 1.82) is 0 Å². The summed E-state index contributed by atoms with van der Waals surface area (Å²) in [6.07, 6.45) is 0.0598. The lowest BCUT2D eigenvalue weighted by Gasteiger charge is -2.11. The van der Waals surface area contributed by atoms with Gasteiger partial charge in [0.15, 0.2) is 11.6 Å². The predicted molar refractivity (Wildman–Crippen MR) is 86.0 cm³/mol. The van der Waals surface area contributed by atoms with Gasteiger partial charge in [-0.25, -0.2) is 17.2 Å². The Balaban J connectivity index is 2.10. The Labute approximate surface area is 143 Å². The molecule has 0 amide bonds. The van der Waals surface area contributed by atoms with Gasteiger partial charge in [-0.2, -0.15) is 0 Å². The zero-order chi connectivity index (χ0) is 18.4. The van der Waals surface area contributed by atoms with Crippen LogP contribution in [0.25, 0.3) is 0 Å². The molecule has 2 rings (SSSR count). The van der Waals surface area contributed by atoms with Crippen LogP contribution in [0.15, 0.2) is 47.4 Å². The van der Waals surface area contributed by atoms with Crippen molar-refractivity contribution in [2.75, 3.05) is 11.3 Å². The average molecular weight is 371 g/mol. The molecule has 2 aromatic rings. The molecule has 0 aliphatic carbocycles. The third kappa shape index (κ3) is 5.15. The number of aliphatic carboxylic acids is 1. The second kappa shape index (κ2) is 7.93. The number of benzene rings is 2. The van der Waals surface area contributed by atoms with Crippen molar-refractivity contribution < 1.29 is 31.8 Å². The molecule has 0 fully saturated rings. The van der Waals surface area contributed by atoms with Crippen molar-refractivity contribution in [3.8, 4) is 5.75 Å². The smallest absolute Gasteiger partial charge is 0.303 e. The Bertz CT molecular complexity index is 871. The quantitative estimate of drug-likeness (QED) is 0.696. The number of nitrogens with one attached hydrogen (secondary N) is 1. The monoisotopic (exact) mass is 371 g/mol. The standard InChI is InChI=1S/C16H15F2NO5S/c17-12-4-1-2-5-14(12)19-25(22,23)11-7-8-15(13(18)10-11)24-9-3-6-16(20)21/h1-2,4-5,7-8,10,19H,3,6,9H2,(H,20,21). The van der Waals surface area contributed by atoms with Crippen LogP contribution >= 0.6 is 0 Å². The summed E-state index contributed by atoms with van der Waals surface area (Å²) >= 11 is 0. The minimum atomic E-state index is -4.17. The minimum absolute atomic E-state index is 0.0250. The molecule has 2 aromatic carbocycles. The predicted octanol–water partition coefficient (Wildman–Crippen LogP) is 3.01. The number of sulfonamides is 1. The summed E-state index contributed by atoms with van der Waals surface area (Å²) in [5, 5.41) is 8.50. The van der Waals surface area contributed by atoms with Gasteiger partial charge >= 0.3 is 5.97 Å². The molecule has 9 heteroatoms. The lowest BCUT2D eigenvalue weighted by molar-refractivity contribution is -0.137. The molecule has 25 heavy (non-hydrogen) atoms. The molecule has 0 radical (unpaired) electrons. The molecule has 0 saturated heterocycles. The zero-order valence-electron chi connectivity index (χ0n) is 12.9. The van der Waals surface area contributed by atoms with E-state index in [9.17, 15) is 22.0 Å². The second-order valence-corrected chi connectivity index (χ2v) is 6.71. The van der Waals surface area contributed by atoms with Gasteiger partial charge in [-0.3, -0.25) is 9.52 Å². The molecule has 0 unspecified atom stereocenters. The van der Waals surface area contributed by atoms with E-state index in [2.05, 4.69) is 0 Å². The third-order valence-corrected chi connectivity index (χ3v) is 4.49. The van der Waals surface area contributed by atoms with Crippen LogP contribution in [0.1, 0.15) is 12.8 Å². The molecule has 0 aliphatic heterocycles. The number of carboxylic acid groups (broad SMARTS) is 1. The van der Waals surface area contributed by atoms with E-state index < -0.39 is 32.5 Å². The van der Waals surface area contributed by atoms with E-state index in [4.69, 9.17) is 9.84 Å². The Morgan fingerprint density at radius 3 is 2.48 bits per heavy atom. The Hall–Kier alpha value is -2.68. The maximum atomic E-state index is 14.0. The summed E-state index contributed by atoms with van der Waals surface area (Å²) in [5.41, 5.74) is -0.253. The first kappa shape index (κ1) is 18.7. The molecule has 6 nitrogen and oxygen atoms in total. The summed E-state index contributed by atoms with van der Waals surface area (Å²) < 4.78 is 59.0. The number of carbonyl (C=O) groups is 1. The summed E-state index contributed by atoms with van der Waals surface area (Å²) in [7, 11) is -4.17. The second-order valence-electron chi connectivity index (χ2n) is 5.02. The van der Waals surface area contributed by atoms with Crippen molar-refractivity contribution in [3.63, 3.8) is 0 Å². The fourth-order valence-electron chi connectivity index (χ4n) is 1.92. The molecule has 0 aliphatic rings. The van der Waals surface area contributed by atoms with Gasteiger partial charge in [-0.15, -0.1) is 0 Å². The normalized spacial score (nSPS) is 11.1. The molecular weight excluding hydrogens is 356 g/mol. The highest BCUT2D eigenvalue weighted by Gasteiger charge is 2.18. The van der Waals surface area contributed by atoms with Gasteiger partial charge in [0.1, 0.15) is 5.82 Å². The Morgan fingerprint density at radius 2 is 1.84 bits per heavy atom. The number of para-hydroxylation sites is 1. The Morgan fingerprint density at radius 1 is 1.12 bits per heavy atom. The topological polar surface area (TPSA) is 92.7 Å². The van der Waals surface area contributed by atoms with Crippen molar-refractivity contribution in [2.24, 2.45) is 0 Å². The van der Waals surface area contributed by atoms with E-state index in [1.807, 2.05) is 4.72 Å². The zero-order valence-corrected chi connectivity index (χ0v) is 13.7. The molecule has 0 saturated carbocycles. The number of carboxylic acids is 1. The lowest BCUT2D eigenvalue weighted by Crippen LogP contribution is -2.14. The molecule has 0 aromatic heterocycles. The fourth-order valence-corrected chi connectivity index (χ4v) is 3.00. The first-order chi connectivity index (χ1) is 11.8. The molecule has 2 N–H and O–H groups in total. The van der Waals surface area contributed by atoms with Crippen molar-refractivity contribution in [2.45, 2.75) is 17.7 Å². The van der Waals surface area contributed by atoms with Crippen LogP contribution in [0.5, 0.6) is 5.75 Å². The van der Waals surface area contributed by atoms with Gasteiger partial charge in [-0.05, 0) is 36.8 Å². The van der Waals surface area contributed by atoms with Crippen molar-refractivity contribution in [1.82, 2.24) is 0 Å². The number of halogens is 2. The maximum absolute atomic E-state index is 14.0. The average Bonchev–Trinajstić information content (AvgIpc) is 2.54. The molecule has 0 spiro atoms. The number of hydrogen-bond acceptors (Lipinski definition) is 4. The van der Waals surface area contributed by atoms with Crippen LogP contribution in [-0.4, -0.2) is 26.1 Å². The van der Waals surface area contributed by atoms with Gasteiger partial charge in [0.25, 0.3) is 10.0 Å². The van der Waals surface area contributed by atoms with Crippen LogP contribution in [0.2, 0.25) is 0 Å². The molecule has 0 heterocycles. The van der Waals surface area contributed by atoms with Crippen molar-refractivity contribution >= 4 is 21.7 Å². The number of rotatable bonds is 8. The van der Waals surface area contributed by atoms with Gasteiger partial charge in [-0.1, -0.05) is 12.1 Å². The molecule has 134 valence electrons. The summed E-state index contributed by atoms with van der Waals surface area (Å²) in [4.78, 5) is 9.98. The van der Waals surface area contributed by atoms with Gasteiger partial charge in [0, 0.05) is 6.42 Å².